The molecule has 0 spiro atoms. The molecule has 2 fully saturated rings. The van der Waals surface area contributed by atoms with Crippen molar-refractivity contribution in [3.8, 4) is 0 Å². The molecule has 0 aromatic carbocycles. The quantitative estimate of drug-likeness (QED) is 0.828. The molecule has 17 heavy (non-hydrogen) atoms. The van der Waals surface area contributed by atoms with Gasteiger partial charge in [0, 0.05) is 12.1 Å². The highest BCUT2D eigenvalue weighted by molar-refractivity contribution is 7.89. The molecule has 0 aromatic rings. The van der Waals surface area contributed by atoms with E-state index in [9.17, 15) is 13.2 Å². The lowest BCUT2D eigenvalue weighted by atomic mass is 9.93. The second kappa shape index (κ2) is 4.57. The van der Waals surface area contributed by atoms with Crippen molar-refractivity contribution in [1.82, 2.24) is 4.31 Å². The Kier molecular flexibility index (Phi) is 3.45. The van der Waals surface area contributed by atoms with Crippen LogP contribution in [0.15, 0.2) is 0 Å². The monoisotopic (exact) mass is 261 g/mol. The van der Waals surface area contributed by atoms with Crippen LogP contribution in [0.1, 0.15) is 44.9 Å². The zero-order valence-electron chi connectivity index (χ0n) is 9.89. The van der Waals surface area contributed by atoms with E-state index in [1.807, 2.05) is 0 Å². The molecule has 1 heterocycles. The van der Waals surface area contributed by atoms with Gasteiger partial charge < -0.3 is 5.11 Å². The Hall–Kier alpha value is -0.620. The first-order valence-electron chi connectivity index (χ1n) is 6.19. The number of rotatable bonds is 3. The SMILES string of the molecule is O=C(O)CC1(N2CCCCS2(=O)=O)CCCC1. The highest BCUT2D eigenvalue weighted by Gasteiger charge is 2.47. The van der Waals surface area contributed by atoms with Crippen molar-refractivity contribution in [3.05, 3.63) is 0 Å². The van der Waals surface area contributed by atoms with Gasteiger partial charge in [-0.1, -0.05) is 12.8 Å². The van der Waals surface area contributed by atoms with Crippen LogP contribution in [0, 0.1) is 0 Å². The van der Waals surface area contributed by atoms with E-state index >= 15 is 0 Å². The van der Waals surface area contributed by atoms with E-state index < -0.39 is 21.5 Å². The van der Waals surface area contributed by atoms with E-state index in [0.717, 1.165) is 19.3 Å². The molecule has 6 heteroatoms. The summed E-state index contributed by atoms with van der Waals surface area (Å²) >= 11 is 0. The molecule has 0 unspecified atom stereocenters. The fourth-order valence-electron chi connectivity index (χ4n) is 3.15. The highest BCUT2D eigenvalue weighted by Crippen LogP contribution is 2.41. The largest absolute Gasteiger partial charge is 0.481 e. The van der Waals surface area contributed by atoms with Crippen LogP contribution in [0.3, 0.4) is 0 Å². The van der Waals surface area contributed by atoms with Crippen LogP contribution in [0.4, 0.5) is 0 Å². The highest BCUT2D eigenvalue weighted by atomic mass is 32.2. The standard InChI is InChI=1S/C11H19NO4S/c13-10(14)9-11(5-1-2-6-11)12-7-3-4-8-17(12,15)16/h1-9H2,(H,13,14). The first kappa shape index (κ1) is 12.8. The van der Waals surface area contributed by atoms with Gasteiger partial charge in [-0.25, -0.2) is 8.42 Å². The molecule has 0 amide bonds. The number of carbonyl (C=O) groups is 1. The van der Waals surface area contributed by atoms with Crippen LogP contribution in [0.2, 0.25) is 0 Å². The normalized spacial score (nSPS) is 28.0. The fourth-order valence-corrected chi connectivity index (χ4v) is 5.18. The topological polar surface area (TPSA) is 74.7 Å². The van der Waals surface area contributed by atoms with E-state index in [-0.39, 0.29) is 12.2 Å². The predicted octanol–water partition coefficient (Wildman–Crippen LogP) is 1.20. The van der Waals surface area contributed by atoms with E-state index in [4.69, 9.17) is 5.11 Å². The summed E-state index contributed by atoms with van der Waals surface area (Å²) in [6.45, 7) is 0.496. The van der Waals surface area contributed by atoms with Crippen molar-refractivity contribution < 1.29 is 18.3 Å². The fraction of sp³-hybridized carbons (Fsp3) is 0.909. The van der Waals surface area contributed by atoms with E-state index in [0.29, 0.717) is 25.8 Å². The first-order chi connectivity index (χ1) is 7.96. The van der Waals surface area contributed by atoms with E-state index in [1.165, 1.54) is 4.31 Å². The number of carboxylic acids is 1. The molecule has 0 bridgehead atoms. The Morgan fingerprint density at radius 1 is 1.18 bits per heavy atom. The summed E-state index contributed by atoms with van der Waals surface area (Å²) in [7, 11) is -3.24. The molecule has 0 atom stereocenters. The van der Waals surface area contributed by atoms with Gasteiger partial charge in [0.25, 0.3) is 0 Å². The van der Waals surface area contributed by atoms with E-state index in [2.05, 4.69) is 0 Å². The molecule has 1 N–H and O–H groups in total. The minimum absolute atomic E-state index is 0.0494. The maximum atomic E-state index is 12.1. The number of sulfonamides is 1. The van der Waals surface area contributed by atoms with Gasteiger partial charge in [-0.15, -0.1) is 0 Å². The van der Waals surface area contributed by atoms with Crippen molar-refractivity contribution in [3.63, 3.8) is 0 Å². The Morgan fingerprint density at radius 3 is 2.35 bits per heavy atom. The second-order valence-electron chi connectivity index (χ2n) is 5.10. The minimum Gasteiger partial charge on any atom is -0.481 e. The molecule has 2 rings (SSSR count). The number of carboxylic acid groups (broad SMARTS) is 1. The maximum Gasteiger partial charge on any atom is 0.305 e. The summed E-state index contributed by atoms with van der Waals surface area (Å²) < 4.78 is 25.7. The molecule has 1 saturated heterocycles. The van der Waals surface area contributed by atoms with Crippen molar-refractivity contribution in [2.24, 2.45) is 0 Å². The second-order valence-corrected chi connectivity index (χ2v) is 7.11. The van der Waals surface area contributed by atoms with Crippen LogP contribution >= 0.6 is 0 Å². The summed E-state index contributed by atoms with van der Waals surface area (Å²) in [5, 5.41) is 9.02. The van der Waals surface area contributed by atoms with Gasteiger partial charge in [0.2, 0.25) is 10.0 Å². The zero-order chi connectivity index (χ0) is 12.5. The van der Waals surface area contributed by atoms with Crippen LogP contribution in [0.25, 0.3) is 0 Å². The molecule has 5 nitrogen and oxygen atoms in total. The summed E-state index contributed by atoms with van der Waals surface area (Å²) in [6.07, 6.45) is 4.74. The van der Waals surface area contributed by atoms with Crippen LogP contribution in [0.5, 0.6) is 0 Å². The Balaban J connectivity index is 2.29. The number of aliphatic carboxylic acids is 1. The molecule has 98 valence electrons. The molecule has 0 radical (unpaired) electrons. The molecule has 1 saturated carbocycles. The average Bonchev–Trinajstić information content (AvgIpc) is 2.65. The first-order valence-corrected chi connectivity index (χ1v) is 7.80. The van der Waals surface area contributed by atoms with Gasteiger partial charge >= 0.3 is 5.97 Å². The third kappa shape index (κ3) is 2.47. The Labute approximate surface area is 102 Å². The molecule has 2 aliphatic rings. The van der Waals surface area contributed by atoms with Gasteiger partial charge in [0.05, 0.1) is 12.2 Å². The Morgan fingerprint density at radius 2 is 1.82 bits per heavy atom. The van der Waals surface area contributed by atoms with Crippen molar-refractivity contribution in [2.45, 2.75) is 50.5 Å². The maximum absolute atomic E-state index is 12.1. The van der Waals surface area contributed by atoms with E-state index in [1.54, 1.807) is 0 Å². The van der Waals surface area contributed by atoms with Gasteiger partial charge in [-0.05, 0) is 25.7 Å². The smallest absolute Gasteiger partial charge is 0.305 e. The number of nitrogens with zero attached hydrogens (tertiary/aromatic N) is 1. The summed E-state index contributed by atoms with van der Waals surface area (Å²) in [4.78, 5) is 11.0. The molecular weight excluding hydrogens is 242 g/mol. The van der Waals surface area contributed by atoms with Crippen molar-refractivity contribution >= 4 is 16.0 Å². The predicted molar refractivity (Wildman–Crippen MR) is 63.2 cm³/mol. The molecule has 1 aliphatic carbocycles. The van der Waals surface area contributed by atoms with Gasteiger partial charge in [-0.2, -0.15) is 4.31 Å². The van der Waals surface area contributed by atoms with Crippen molar-refractivity contribution in [2.75, 3.05) is 12.3 Å². The minimum atomic E-state index is -3.24. The van der Waals surface area contributed by atoms with Gasteiger partial charge in [0.15, 0.2) is 0 Å². The summed E-state index contributed by atoms with van der Waals surface area (Å²) in [5.74, 6) is -0.721. The van der Waals surface area contributed by atoms with Crippen LogP contribution in [-0.4, -0.2) is 41.6 Å². The number of hydrogen-bond donors (Lipinski definition) is 1. The lowest BCUT2D eigenvalue weighted by molar-refractivity contribution is -0.139. The summed E-state index contributed by atoms with van der Waals surface area (Å²) in [5.41, 5.74) is -0.634. The molecular formula is C11H19NO4S. The van der Waals surface area contributed by atoms with Gasteiger partial charge in [0.1, 0.15) is 0 Å². The van der Waals surface area contributed by atoms with Gasteiger partial charge in [-0.3, -0.25) is 4.79 Å². The molecule has 0 aromatic heterocycles. The third-order valence-electron chi connectivity index (χ3n) is 3.89. The zero-order valence-corrected chi connectivity index (χ0v) is 10.7. The molecule has 1 aliphatic heterocycles. The van der Waals surface area contributed by atoms with Crippen LogP contribution < -0.4 is 0 Å². The Bertz CT molecular complexity index is 398. The lowest BCUT2D eigenvalue weighted by Crippen LogP contribution is -2.54. The summed E-state index contributed by atoms with van der Waals surface area (Å²) in [6, 6.07) is 0. The van der Waals surface area contributed by atoms with Crippen molar-refractivity contribution in [1.29, 1.82) is 0 Å². The number of hydrogen-bond acceptors (Lipinski definition) is 3. The average molecular weight is 261 g/mol. The lowest BCUT2D eigenvalue weighted by Gasteiger charge is -2.41. The third-order valence-corrected chi connectivity index (χ3v) is 5.94. The van der Waals surface area contributed by atoms with Crippen LogP contribution in [-0.2, 0) is 14.8 Å².